The molecule has 0 fully saturated rings. The van der Waals surface area contributed by atoms with Crippen molar-refractivity contribution in [2.24, 2.45) is 0 Å². The van der Waals surface area contributed by atoms with Crippen molar-refractivity contribution in [3.05, 3.63) is 83.1 Å². The number of rotatable bonds is 4. The second-order valence-electron chi connectivity index (χ2n) is 5.29. The van der Waals surface area contributed by atoms with Crippen LogP contribution in [-0.2, 0) is 0 Å². The third-order valence-corrected chi connectivity index (χ3v) is 3.98. The van der Waals surface area contributed by atoms with Crippen molar-refractivity contribution < 1.29 is 4.79 Å². The maximum absolute atomic E-state index is 12.4. The summed E-state index contributed by atoms with van der Waals surface area (Å²) in [6, 6.07) is 18.7. The molecule has 4 nitrogen and oxygen atoms in total. The number of aromatic nitrogens is 1. The van der Waals surface area contributed by atoms with Crippen LogP contribution >= 0.6 is 11.6 Å². The first-order chi connectivity index (χ1) is 11.6. The van der Waals surface area contributed by atoms with Gasteiger partial charge in [-0.3, -0.25) is 9.78 Å². The van der Waals surface area contributed by atoms with Crippen LogP contribution in [0.3, 0.4) is 0 Å². The Hall–Kier alpha value is -2.85. The van der Waals surface area contributed by atoms with Crippen LogP contribution in [0.25, 0.3) is 0 Å². The van der Waals surface area contributed by atoms with Crippen LogP contribution in [0.15, 0.2) is 66.9 Å². The molecule has 120 valence electrons. The lowest BCUT2D eigenvalue weighted by molar-refractivity contribution is 0.102. The Morgan fingerprint density at radius 2 is 1.79 bits per heavy atom. The second-order valence-corrected chi connectivity index (χ2v) is 5.69. The molecular weight excluding hydrogens is 322 g/mol. The van der Waals surface area contributed by atoms with E-state index in [-0.39, 0.29) is 5.91 Å². The number of benzene rings is 2. The summed E-state index contributed by atoms with van der Waals surface area (Å²) in [4.78, 5) is 16.6. The maximum Gasteiger partial charge on any atom is 0.274 e. The van der Waals surface area contributed by atoms with Crippen molar-refractivity contribution in [3.63, 3.8) is 0 Å². The number of carbonyl (C=O) groups excluding carboxylic acids is 1. The van der Waals surface area contributed by atoms with Crippen LogP contribution in [0, 0.1) is 6.92 Å². The van der Waals surface area contributed by atoms with E-state index in [9.17, 15) is 4.79 Å². The first kappa shape index (κ1) is 16.0. The van der Waals surface area contributed by atoms with Gasteiger partial charge in [0.15, 0.2) is 0 Å². The van der Waals surface area contributed by atoms with Crippen molar-refractivity contribution in [2.45, 2.75) is 6.92 Å². The van der Waals surface area contributed by atoms with Crippen LogP contribution in [0.2, 0.25) is 5.02 Å². The molecule has 0 radical (unpaired) electrons. The van der Waals surface area contributed by atoms with E-state index in [0.717, 1.165) is 16.9 Å². The lowest BCUT2D eigenvalue weighted by Crippen LogP contribution is -2.14. The molecule has 3 aromatic rings. The third-order valence-electron chi connectivity index (χ3n) is 3.57. The van der Waals surface area contributed by atoms with Crippen molar-refractivity contribution in [1.82, 2.24) is 4.98 Å². The summed E-state index contributed by atoms with van der Waals surface area (Å²) >= 11 is 6.08. The van der Waals surface area contributed by atoms with Crippen LogP contribution < -0.4 is 10.6 Å². The van der Waals surface area contributed by atoms with Gasteiger partial charge in [-0.2, -0.15) is 0 Å². The smallest absolute Gasteiger partial charge is 0.274 e. The molecule has 0 unspecified atom stereocenters. The summed E-state index contributed by atoms with van der Waals surface area (Å²) in [5.41, 5.74) is 3.57. The maximum atomic E-state index is 12.4. The van der Waals surface area contributed by atoms with Gasteiger partial charge in [-0.05, 0) is 48.9 Å². The molecule has 0 aliphatic carbocycles. The number of amides is 1. The van der Waals surface area contributed by atoms with Gasteiger partial charge < -0.3 is 10.6 Å². The van der Waals surface area contributed by atoms with Crippen LogP contribution in [-0.4, -0.2) is 10.9 Å². The Morgan fingerprint density at radius 1 is 1.00 bits per heavy atom. The normalized spacial score (nSPS) is 10.2. The minimum atomic E-state index is -0.280. The minimum Gasteiger partial charge on any atom is -0.355 e. The van der Waals surface area contributed by atoms with E-state index in [2.05, 4.69) is 15.6 Å². The molecule has 3 rings (SSSR count). The predicted octanol–water partition coefficient (Wildman–Crippen LogP) is 5.04. The lowest BCUT2D eigenvalue weighted by atomic mass is 10.2. The summed E-state index contributed by atoms with van der Waals surface area (Å²) in [5, 5.41) is 6.70. The highest BCUT2D eigenvalue weighted by Crippen LogP contribution is 2.23. The summed E-state index contributed by atoms with van der Waals surface area (Å²) in [7, 11) is 0. The van der Waals surface area contributed by atoms with Crippen molar-refractivity contribution in [2.75, 3.05) is 10.6 Å². The number of anilines is 3. The quantitative estimate of drug-likeness (QED) is 0.701. The molecule has 24 heavy (non-hydrogen) atoms. The van der Waals surface area contributed by atoms with Gasteiger partial charge in [0.2, 0.25) is 0 Å². The zero-order valence-electron chi connectivity index (χ0n) is 13.1. The number of hydrogen-bond donors (Lipinski definition) is 2. The number of para-hydroxylation sites is 1. The average molecular weight is 338 g/mol. The van der Waals surface area contributed by atoms with E-state index in [1.807, 2.05) is 49.4 Å². The predicted molar refractivity (Wildman–Crippen MR) is 98.1 cm³/mol. The van der Waals surface area contributed by atoms with Crippen LogP contribution in [0.1, 0.15) is 16.1 Å². The van der Waals surface area contributed by atoms with Gasteiger partial charge in [-0.15, -0.1) is 0 Å². The number of pyridine rings is 1. The zero-order chi connectivity index (χ0) is 16.9. The lowest BCUT2D eigenvalue weighted by Gasteiger charge is -2.10. The van der Waals surface area contributed by atoms with Gasteiger partial charge in [-0.25, -0.2) is 0 Å². The first-order valence-corrected chi connectivity index (χ1v) is 7.86. The van der Waals surface area contributed by atoms with Gasteiger partial charge in [0.05, 0.1) is 0 Å². The van der Waals surface area contributed by atoms with Gasteiger partial charge in [0, 0.05) is 28.3 Å². The van der Waals surface area contributed by atoms with Gasteiger partial charge >= 0.3 is 0 Å². The van der Waals surface area contributed by atoms with Crippen molar-refractivity contribution >= 4 is 34.6 Å². The fourth-order valence-electron chi connectivity index (χ4n) is 2.25. The number of carbonyl (C=O) groups is 1. The number of nitrogens with zero attached hydrogens (tertiary/aromatic N) is 1. The highest BCUT2D eigenvalue weighted by Gasteiger charge is 2.11. The van der Waals surface area contributed by atoms with E-state index in [1.165, 1.54) is 0 Å². The fraction of sp³-hybridized carbons (Fsp3) is 0.0526. The molecule has 1 amide bonds. The number of halogens is 1. The van der Waals surface area contributed by atoms with Gasteiger partial charge in [0.25, 0.3) is 5.91 Å². The zero-order valence-corrected chi connectivity index (χ0v) is 13.8. The SMILES string of the molecule is Cc1c(Cl)cccc1NC(=O)c1cc(Nc2ccccc2)ccn1. The van der Waals surface area contributed by atoms with Crippen LogP contribution in [0.5, 0.6) is 0 Å². The standard InChI is InChI=1S/C19H16ClN3O/c1-13-16(20)8-5-9-17(13)23-19(24)18-12-15(10-11-21-18)22-14-6-3-2-4-7-14/h2-12H,1H3,(H,21,22)(H,23,24). The molecule has 2 N–H and O–H groups in total. The highest BCUT2D eigenvalue weighted by atomic mass is 35.5. The molecule has 1 aromatic heterocycles. The minimum absolute atomic E-state index is 0.280. The monoisotopic (exact) mass is 337 g/mol. The number of hydrogen-bond acceptors (Lipinski definition) is 3. The molecule has 1 heterocycles. The molecule has 0 saturated carbocycles. The van der Waals surface area contributed by atoms with Crippen LogP contribution in [0.4, 0.5) is 17.1 Å². The third kappa shape index (κ3) is 3.73. The average Bonchev–Trinajstić information content (AvgIpc) is 2.60. The van der Waals surface area contributed by atoms with E-state index < -0.39 is 0 Å². The second kappa shape index (κ2) is 7.15. The largest absolute Gasteiger partial charge is 0.355 e. The summed E-state index contributed by atoms with van der Waals surface area (Å²) in [6.45, 7) is 1.86. The first-order valence-electron chi connectivity index (χ1n) is 7.48. The molecule has 0 saturated heterocycles. The highest BCUT2D eigenvalue weighted by molar-refractivity contribution is 6.31. The van der Waals surface area contributed by atoms with E-state index in [0.29, 0.717) is 16.4 Å². The molecule has 0 aliphatic heterocycles. The Morgan fingerprint density at radius 3 is 2.58 bits per heavy atom. The molecule has 0 atom stereocenters. The summed E-state index contributed by atoms with van der Waals surface area (Å²) in [6.07, 6.45) is 1.60. The summed E-state index contributed by atoms with van der Waals surface area (Å²) < 4.78 is 0. The Balaban J connectivity index is 1.78. The van der Waals surface area contributed by atoms with Crippen molar-refractivity contribution in [1.29, 1.82) is 0 Å². The van der Waals surface area contributed by atoms with Crippen molar-refractivity contribution in [3.8, 4) is 0 Å². The Kier molecular flexibility index (Phi) is 4.77. The van der Waals surface area contributed by atoms with Gasteiger partial charge in [0.1, 0.15) is 5.69 Å². The molecule has 0 aliphatic rings. The van der Waals surface area contributed by atoms with Gasteiger partial charge in [-0.1, -0.05) is 35.9 Å². The fourth-order valence-corrected chi connectivity index (χ4v) is 2.42. The van der Waals surface area contributed by atoms with E-state index in [1.54, 1.807) is 24.4 Å². The number of nitrogens with one attached hydrogen (secondary N) is 2. The van der Waals surface area contributed by atoms with E-state index >= 15 is 0 Å². The molecular formula is C19H16ClN3O. The topological polar surface area (TPSA) is 54.0 Å². The summed E-state index contributed by atoms with van der Waals surface area (Å²) in [5.74, 6) is -0.280. The Bertz CT molecular complexity index is 865. The molecule has 2 aromatic carbocycles. The van der Waals surface area contributed by atoms with E-state index in [4.69, 9.17) is 11.6 Å². The molecule has 0 spiro atoms. The molecule has 5 heteroatoms. The molecule has 0 bridgehead atoms. The Labute approximate surface area is 145 Å².